The second kappa shape index (κ2) is 5.91. The highest BCUT2D eigenvalue weighted by atomic mass is 35.5. The van der Waals surface area contributed by atoms with E-state index in [9.17, 15) is 9.90 Å². The Labute approximate surface area is 144 Å². The number of nitrogens with zero attached hydrogens (tertiary/aromatic N) is 2. The molecule has 1 N–H and O–H groups in total. The lowest BCUT2D eigenvalue weighted by Gasteiger charge is -2.36. The monoisotopic (exact) mass is 338 g/mol. The zero-order valence-corrected chi connectivity index (χ0v) is 15.8. The van der Waals surface area contributed by atoms with Gasteiger partial charge in [-0.05, 0) is 23.0 Å². The molecule has 1 heterocycles. The lowest BCUT2D eigenvalue weighted by atomic mass is 9.69. The Bertz CT molecular complexity index is 636. The van der Waals surface area contributed by atoms with Crippen molar-refractivity contribution in [3.05, 3.63) is 41.5 Å². The molecule has 5 heteroatoms. The van der Waals surface area contributed by atoms with Gasteiger partial charge in [0.05, 0.1) is 0 Å². The molecule has 23 heavy (non-hydrogen) atoms. The smallest absolute Gasteiger partial charge is 0.185 e. The first-order valence-corrected chi connectivity index (χ1v) is 7.58. The van der Waals surface area contributed by atoms with Crippen LogP contribution < -0.4 is 0 Å². The minimum absolute atomic E-state index is 0. The van der Waals surface area contributed by atoms with Crippen LogP contribution in [0.25, 0.3) is 0 Å². The van der Waals surface area contributed by atoms with Gasteiger partial charge >= 0.3 is 0 Å². The molecule has 0 unspecified atom stereocenters. The number of aromatic nitrogens is 2. The van der Waals surface area contributed by atoms with Crippen LogP contribution in [0.2, 0.25) is 0 Å². The third kappa shape index (κ3) is 3.59. The van der Waals surface area contributed by atoms with Gasteiger partial charge in [-0.15, -0.1) is 12.4 Å². The topological polar surface area (TPSA) is 55.1 Å². The number of carbonyl (C=O) groups is 1. The number of hydrogen-bond donors (Lipinski definition) is 1. The van der Waals surface area contributed by atoms with Crippen molar-refractivity contribution in [2.45, 2.75) is 47.1 Å². The molecule has 0 spiro atoms. The molecule has 0 radical (unpaired) electrons. The van der Waals surface area contributed by atoms with E-state index >= 15 is 0 Å². The van der Waals surface area contributed by atoms with Crippen LogP contribution in [0.15, 0.2) is 35.7 Å². The van der Waals surface area contributed by atoms with E-state index in [1.54, 1.807) is 29.1 Å². The SMILES string of the molecule is Cl.Cn1ccnc1C1(O)C=C(C(C)(C)C)C(=O)C(C(C)(C)C)=C1. The van der Waals surface area contributed by atoms with Crippen molar-refractivity contribution < 1.29 is 9.90 Å². The van der Waals surface area contributed by atoms with Gasteiger partial charge < -0.3 is 9.67 Å². The molecule has 2 rings (SSSR count). The van der Waals surface area contributed by atoms with Crippen LogP contribution >= 0.6 is 12.4 Å². The number of aryl methyl sites for hydroxylation is 1. The minimum Gasteiger partial charge on any atom is -0.374 e. The van der Waals surface area contributed by atoms with Crippen molar-refractivity contribution in [2.24, 2.45) is 17.9 Å². The zero-order valence-electron chi connectivity index (χ0n) is 15.0. The number of hydrogen-bond acceptors (Lipinski definition) is 3. The average molecular weight is 339 g/mol. The summed E-state index contributed by atoms with van der Waals surface area (Å²) in [5.74, 6) is 0.530. The number of rotatable bonds is 1. The van der Waals surface area contributed by atoms with Crippen LogP contribution in [-0.4, -0.2) is 20.4 Å². The average Bonchev–Trinajstić information content (AvgIpc) is 2.76. The number of imidazole rings is 1. The van der Waals surface area contributed by atoms with Crippen LogP contribution in [0, 0.1) is 10.8 Å². The van der Waals surface area contributed by atoms with E-state index in [0.717, 1.165) is 0 Å². The molecule has 0 saturated heterocycles. The molecule has 0 aliphatic heterocycles. The lowest BCUT2D eigenvalue weighted by Crippen LogP contribution is -2.37. The number of Topliss-reactive ketones (excluding diaryl/α,β-unsaturated/α-hetero) is 1. The summed E-state index contributed by atoms with van der Waals surface area (Å²) in [5, 5.41) is 11.2. The van der Waals surface area contributed by atoms with Crippen LogP contribution in [-0.2, 0) is 17.4 Å². The molecule has 1 aliphatic carbocycles. The lowest BCUT2D eigenvalue weighted by molar-refractivity contribution is -0.114. The van der Waals surface area contributed by atoms with E-state index in [-0.39, 0.29) is 29.0 Å². The van der Waals surface area contributed by atoms with E-state index < -0.39 is 5.60 Å². The van der Waals surface area contributed by atoms with Crippen molar-refractivity contribution >= 4 is 18.2 Å². The van der Waals surface area contributed by atoms with Gasteiger partial charge in [-0.1, -0.05) is 41.5 Å². The van der Waals surface area contributed by atoms with E-state index in [0.29, 0.717) is 17.0 Å². The molecule has 0 bridgehead atoms. The Morgan fingerprint density at radius 3 is 1.78 bits per heavy atom. The van der Waals surface area contributed by atoms with Crippen LogP contribution in [0.5, 0.6) is 0 Å². The Kier molecular flexibility index (Phi) is 5.05. The maximum absolute atomic E-state index is 12.9. The van der Waals surface area contributed by atoms with Gasteiger partial charge in [-0.3, -0.25) is 4.79 Å². The second-order valence-corrected chi connectivity index (χ2v) is 8.13. The van der Waals surface area contributed by atoms with Gasteiger partial charge in [-0.2, -0.15) is 0 Å². The number of allylic oxidation sites excluding steroid dienone is 2. The third-order valence-electron chi connectivity index (χ3n) is 4.01. The molecule has 0 atom stereocenters. The molecular weight excluding hydrogens is 312 g/mol. The van der Waals surface area contributed by atoms with Gasteiger partial charge in [-0.25, -0.2) is 4.98 Å². The zero-order chi connectivity index (χ0) is 16.9. The fourth-order valence-electron chi connectivity index (χ4n) is 2.75. The molecule has 0 saturated carbocycles. The molecule has 0 fully saturated rings. The molecular formula is C18H27ClN2O2. The number of carbonyl (C=O) groups excluding carboxylic acids is 1. The summed E-state index contributed by atoms with van der Waals surface area (Å²) >= 11 is 0. The van der Waals surface area contributed by atoms with Gasteiger partial charge in [0, 0.05) is 30.6 Å². The summed E-state index contributed by atoms with van der Waals surface area (Å²) in [6, 6.07) is 0. The first kappa shape index (κ1) is 19.7. The third-order valence-corrected chi connectivity index (χ3v) is 4.01. The highest BCUT2D eigenvalue weighted by Gasteiger charge is 2.42. The van der Waals surface area contributed by atoms with Crippen molar-refractivity contribution in [3.8, 4) is 0 Å². The normalized spacial score (nSPS) is 18.2. The summed E-state index contributed by atoms with van der Waals surface area (Å²) in [5.41, 5.74) is -0.796. The Hall–Kier alpha value is -1.39. The van der Waals surface area contributed by atoms with E-state index in [2.05, 4.69) is 4.98 Å². The quantitative estimate of drug-likeness (QED) is 0.851. The molecule has 1 aliphatic rings. The summed E-state index contributed by atoms with van der Waals surface area (Å²) < 4.78 is 1.78. The Morgan fingerprint density at radius 1 is 1.04 bits per heavy atom. The highest BCUT2D eigenvalue weighted by molar-refractivity contribution is 6.11. The number of ketones is 1. The fourth-order valence-corrected chi connectivity index (χ4v) is 2.75. The van der Waals surface area contributed by atoms with Gasteiger partial charge in [0.2, 0.25) is 0 Å². The first-order valence-electron chi connectivity index (χ1n) is 7.58. The van der Waals surface area contributed by atoms with Gasteiger partial charge in [0.15, 0.2) is 11.4 Å². The van der Waals surface area contributed by atoms with Crippen molar-refractivity contribution in [2.75, 3.05) is 0 Å². The van der Waals surface area contributed by atoms with Crippen molar-refractivity contribution in [1.82, 2.24) is 9.55 Å². The predicted molar refractivity (Wildman–Crippen MR) is 94.4 cm³/mol. The molecule has 128 valence electrons. The summed E-state index contributed by atoms with van der Waals surface area (Å²) in [4.78, 5) is 17.2. The van der Waals surface area contributed by atoms with E-state index in [4.69, 9.17) is 0 Å². The predicted octanol–water partition coefficient (Wildman–Crippen LogP) is 3.56. The molecule has 1 aromatic rings. The Morgan fingerprint density at radius 2 is 1.48 bits per heavy atom. The molecule has 1 aromatic heterocycles. The van der Waals surface area contributed by atoms with E-state index in [1.807, 2.05) is 48.6 Å². The van der Waals surface area contributed by atoms with Gasteiger partial charge in [0.25, 0.3) is 0 Å². The number of aliphatic hydroxyl groups is 1. The fraction of sp³-hybridized carbons (Fsp3) is 0.556. The summed E-state index contributed by atoms with van der Waals surface area (Å²) in [6.45, 7) is 11.9. The first-order chi connectivity index (χ1) is 9.86. The largest absolute Gasteiger partial charge is 0.374 e. The van der Waals surface area contributed by atoms with E-state index in [1.165, 1.54) is 0 Å². The maximum Gasteiger partial charge on any atom is 0.185 e. The summed E-state index contributed by atoms with van der Waals surface area (Å²) in [6.07, 6.45) is 6.76. The maximum atomic E-state index is 12.9. The van der Waals surface area contributed by atoms with Crippen LogP contribution in [0.4, 0.5) is 0 Å². The highest BCUT2D eigenvalue weighted by Crippen LogP contribution is 2.42. The standard InChI is InChI=1S/C18H26N2O2.ClH/c1-16(2,3)12-10-18(22,15-19-8-9-20(15)7)11-13(14(12)21)17(4,5)6;/h8-11,22H,1-7H3;1H. The molecule has 0 aromatic carbocycles. The van der Waals surface area contributed by atoms with Crippen LogP contribution in [0.3, 0.4) is 0 Å². The van der Waals surface area contributed by atoms with Gasteiger partial charge in [0.1, 0.15) is 5.82 Å². The van der Waals surface area contributed by atoms with Crippen molar-refractivity contribution in [1.29, 1.82) is 0 Å². The van der Waals surface area contributed by atoms with Crippen LogP contribution in [0.1, 0.15) is 47.4 Å². The Balaban J connectivity index is 0.00000264. The second-order valence-electron chi connectivity index (χ2n) is 8.13. The molecule has 0 amide bonds. The summed E-state index contributed by atoms with van der Waals surface area (Å²) in [7, 11) is 1.84. The minimum atomic E-state index is -1.36. The van der Waals surface area contributed by atoms with Crippen molar-refractivity contribution in [3.63, 3.8) is 0 Å². The molecule has 4 nitrogen and oxygen atoms in total. The number of halogens is 1.